The van der Waals surface area contributed by atoms with Crippen molar-refractivity contribution in [3.8, 4) is 0 Å². The lowest BCUT2D eigenvalue weighted by atomic mass is 9.99. The fraction of sp³-hybridized carbons (Fsp3) is 0.625. The van der Waals surface area contributed by atoms with Crippen molar-refractivity contribution >= 4 is 23.1 Å². The molecule has 0 aromatic carbocycles. The van der Waals surface area contributed by atoms with E-state index >= 15 is 0 Å². The van der Waals surface area contributed by atoms with Crippen LogP contribution in [0.5, 0.6) is 0 Å². The molecule has 2 heterocycles. The summed E-state index contributed by atoms with van der Waals surface area (Å²) in [7, 11) is 0. The molecule has 3 N–H and O–H groups in total. The Morgan fingerprint density at radius 3 is 2.82 bits per heavy atom. The lowest BCUT2D eigenvalue weighted by Gasteiger charge is -2.18. The monoisotopic (exact) mass is 321 g/mol. The highest BCUT2D eigenvalue weighted by atomic mass is 35.5. The first-order chi connectivity index (χ1) is 10.6. The van der Waals surface area contributed by atoms with Crippen molar-refractivity contribution in [2.75, 3.05) is 5.32 Å². The first kappa shape index (κ1) is 15.6. The number of halogens is 1. The number of hydrogen-bond acceptors (Lipinski definition) is 4. The molecule has 1 saturated carbocycles. The lowest BCUT2D eigenvalue weighted by Crippen LogP contribution is -2.22. The number of nitrogens with two attached hydrogens (primary N) is 1. The molecule has 3 rings (SSSR count). The van der Waals surface area contributed by atoms with Gasteiger partial charge in [-0.3, -0.25) is 0 Å². The standard InChI is InChI=1S/C16H24ClN5/c1-3-10(4-2)14-8-15(20-12-6-5-11(18)7-12)22-16(21-14)13(17)9-19-22/h8-12,20H,3-7,18H2,1-2H3. The molecule has 5 nitrogen and oxygen atoms in total. The van der Waals surface area contributed by atoms with Gasteiger partial charge in [0.1, 0.15) is 10.8 Å². The van der Waals surface area contributed by atoms with Crippen molar-refractivity contribution in [2.24, 2.45) is 5.73 Å². The second kappa shape index (κ2) is 6.42. The Morgan fingerprint density at radius 1 is 1.41 bits per heavy atom. The van der Waals surface area contributed by atoms with Gasteiger partial charge in [-0.2, -0.15) is 9.61 Å². The van der Waals surface area contributed by atoms with Crippen LogP contribution in [0.3, 0.4) is 0 Å². The van der Waals surface area contributed by atoms with Crippen molar-refractivity contribution in [2.45, 2.75) is 64.0 Å². The maximum Gasteiger partial charge on any atom is 0.176 e. The SMILES string of the molecule is CCC(CC)c1cc(NC2CCC(N)C2)n2ncc(Cl)c2n1. The van der Waals surface area contributed by atoms with Crippen LogP contribution in [0.1, 0.15) is 57.6 Å². The van der Waals surface area contributed by atoms with E-state index in [0.29, 0.717) is 23.0 Å². The molecule has 1 aliphatic carbocycles. The topological polar surface area (TPSA) is 68.2 Å². The zero-order valence-corrected chi connectivity index (χ0v) is 14.0. The van der Waals surface area contributed by atoms with Gasteiger partial charge in [-0.15, -0.1) is 0 Å². The Labute approximate surface area is 136 Å². The number of nitrogens with one attached hydrogen (secondary N) is 1. The zero-order chi connectivity index (χ0) is 15.7. The number of aromatic nitrogens is 3. The van der Waals surface area contributed by atoms with Gasteiger partial charge < -0.3 is 11.1 Å². The molecule has 1 fully saturated rings. The third kappa shape index (κ3) is 2.92. The number of hydrogen-bond donors (Lipinski definition) is 2. The maximum atomic E-state index is 6.25. The molecule has 120 valence electrons. The van der Waals surface area contributed by atoms with Crippen LogP contribution in [-0.2, 0) is 0 Å². The molecule has 0 amide bonds. The van der Waals surface area contributed by atoms with E-state index < -0.39 is 0 Å². The van der Waals surface area contributed by atoms with Crippen molar-refractivity contribution in [3.63, 3.8) is 0 Å². The van der Waals surface area contributed by atoms with Gasteiger partial charge in [0.05, 0.1) is 6.20 Å². The Bertz CT molecular complexity index is 649. The molecule has 2 aromatic heterocycles. The average molecular weight is 322 g/mol. The van der Waals surface area contributed by atoms with Gasteiger partial charge >= 0.3 is 0 Å². The molecular weight excluding hydrogens is 298 g/mol. The fourth-order valence-electron chi connectivity index (χ4n) is 3.33. The predicted octanol–water partition coefficient (Wildman–Crippen LogP) is 3.58. The first-order valence-corrected chi connectivity index (χ1v) is 8.56. The van der Waals surface area contributed by atoms with Crippen molar-refractivity contribution in [3.05, 3.63) is 23.0 Å². The third-order valence-corrected chi connectivity index (χ3v) is 4.94. The van der Waals surface area contributed by atoms with E-state index in [9.17, 15) is 0 Å². The minimum Gasteiger partial charge on any atom is -0.367 e. The highest BCUT2D eigenvalue weighted by Gasteiger charge is 2.23. The van der Waals surface area contributed by atoms with Crippen LogP contribution in [0.2, 0.25) is 5.02 Å². The number of rotatable bonds is 5. The maximum absolute atomic E-state index is 6.25. The van der Waals surface area contributed by atoms with Crippen molar-refractivity contribution in [1.29, 1.82) is 0 Å². The second-order valence-corrected chi connectivity index (χ2v) is 6.63. The number of nitrogens with zero attached hydrogens (tertiary/aromatic N) is 3. The van der Waals surface area contributed by atoms with E-state index in [1.807, 2.05) is 0 Å². The Morgan fingerprint density at radius 2 is 2.18 bits per heavy atom. The molecule has 0 aliphatic heterocycles. The van der Waals surface area contributed by atoms with Crippen LogP contribution >= 0.6 is 11.6 Å². The second-order valence-electron chi connectivity index (χ2n) is 6.22. The quantitative estimate of drug-likeness (QED) is 0.883. The summed E-state index contributed by atoms with van der Waals surface area (Å²) in [5.41, 5.74) is 7.84. The molecular formula is C16H24ClN5. The molecule has 0 radical (unpaired) electrons. The van der Waals surface area contributed by atoms with Crippen LogP contribution in [0, 0.1) is 0 Å². The van der Waals surface area contributed by atoms with E-state index in [0.717, 1.165) is 49.3 Å². The summed E-state index contributed by atoms with van der Waals surface area (Å²) in [6.07, 6.45) is 6.97. The normalized spacial score (nSPS) is 21.9. The van der Waals surface area contributed by atoms with E-state index in [4.69, 9.17) is 22.3 Å². The molecule has 22 heavy (non-hydrogen) atoms. The van der Waals surface area contributed by atoms with Gasteiger partial charge in [0, 0.05) is 29.8 Å². The molecule has 6 heteroatoms. The van der Waals surface area contributed by atoms with Gasteiger partial charge in [-0.05, 0) is 32.1 Å². The Kier molecular flexibility index (Phi) is 4.54. The number of anilines is 1. The van der Waals surface area contributed by atoms with E-state index in [-0.39, 0.29) is 0 Å². The van der Waals surface area contributed by atoms with Gasteiger partial charge in [0.2, 0.25) is 0 Å². The number of fused-ring (bicyclic) bond motifs is 1. The molecule has 0 bridgehead atoms. The van der Waals surface area contributed by atoms with Crippen LogP contribution < -0.4 is 11.1 Å². The summed E-state index contributed by atoms with van der Waals surface area (Å²) < 4.78 is 1.80. The first-order valence-electron chi connectivity index (χ1n) is 8.18. The highest BCUT2D eigenvalue weighted by Crippen LogP contribution is 2.29. The molecule has 0 saturated heterocycles. The lowest BCUT2D eigenvalue weighted by molar-refractivity contribution is 0.621. The fourth-order valence-corrected chi connectivity index (χ4v) is 3.50. The van der Waals surface area contributed by atoms with Crippen molar-refractivity contribution in [1.82, 2.24) is 14.6 Å². The van der Waals surface area contributed by atoms with Crippen LogP contribution in [0.25, 0.3) is 5.65 Å². The van der Waals surface area contributed by atoms with Crippen LogP contribution in [0.4, 0.5) is 5.82 Å². The largest absolute Gasteiger partial charge is 0.367 e. The highest BCUT2D eigenvalue weighted by molar-refractivity contribution is 6.33. The van der Waals surface area contributed by atoms with Gasteiger partial charge in [-0.1, -0.05) is 25.4 Å². The van der Waals surface area contributed by atoms with E-state index in [2.05, 4.69) is 30.3 Å². The summed E-state index contributed by atoms with van der Waals surface area (Å²) in [5, 5.41) is 8.55. The van der Waals surface area contributed by atoms with Gasteiger partial charge in [-0.25, -0.2) is 4.98 Å². The summed E-state index contributed by atoms with van der Waals surface area (Å²) in [6.45, 7) is 4.39. The molecule has 1 aliphatic rings. The molecule has 2 aromatic rings. The average Bonchev–Trinajstić information content (AvgIpc) is 3.07. The van der Waals surface area contributed by atoms with Crippen molar-refractivity contribution < 1.29 is 0 Å². The Hall–Kier alpha value is -1.33. The molecule has 2 atom stereocenters. The minimum atomic E-state index is 0.300. The van der Waals surface area contributed by atoms with Crippen LogP contribution in [0.15, 0.2) is 12.3 Å². The minimum absolute atomic E-state index is 0.300. The summed E-state index contributed by atoms with van der Waals surface area (Å²) in [6, 6.07) is 2.82. The van der Waals surface area contributed by atoms with Crippen LogP contribution in [-0.4, -0.2) is 26.7 Å². The summed E-state index contributed by atoms with van der Waals surface area (Å²) >= 11 is 6.25. The van der Waals surface area contributed by atoms with E-state index in [1.165, 1.54) is 0 Å². The molecule has 0 spiro atoms. The smallest absolute Gasteiger partial charge is 0.176 e. The predicted molar refractivity (Wildman–Crippen MR) is 90.6 cm³/mol. The summed E-state index contributed by atoms with van der Waals surface area (Å²) in [5.74, 6) is 1.42. The summed E-state index contributed by atoms with van der Waals surface area (Å²) in [4.78, 5) is 4.73. The Balaban J connectivity index is 1.99. The van der Waals surface area contributed by atoms with E-state index in [1.54, 1.807) is 10.7 Å². The molecule has 2 unspecified atom stereocenters. The zero-order valence-electron chi connectivity index (χ0n) is 13.2. The van der Waals surface area contributed by atoms with Gasteiger partial charge in [0.25, 0.3) is 0 Å². The third-order valence-electron chi connectivity index (χ3n) is 4.68. The van der Waals surface area contributed by atoms with Gasteiger partial charge in [0.15, 0.2) is 5.65 Å².